The van der Waals surface area contributed by atoms with Crippen LogP contribution in [-0.2, 0) is 0 Å². The smallest absolute Gasteiger partial charge is 0.167 e. The summed E-state index contributed by atoms with van der Waals surface area (Å²) < 4.78 is 0. The van der Waals surface area contributed by atoms with Gasteiger partial charge in [0.1, 0.15) is 0 Å². The fraction of sp³-hybridized carbons (Fsp3) is 0.136. The number of halogens is 2. The lowest BCUT2D eigenvalue weighted by Gasteiger charge is -2.01. The van der Waals surface area contributed by atoms with Gasteiger partial charge in [-0.1, -0.05) is 77.8 Å². The Bertz CT molecular complexity index is 834. The van der Waals surface area contributed by atoms with Crippen LogP contribution in [0.15, 0.2) is 78.9 Å². The zero-order valence-electron chi connectivity index (χ0n) is 13.4. The molecule has 0 N–H and O–H groups in total. The van der Waals surface area contributed by atoms with Crippen molar-refractivity contribution in [3.05, 3.63) is 106 Å². The molecular formula is C22H16Cl2O. The summed E-state index contributed by atoms with van der Waals surface area (Å²) in [6.45, 7) is 0. The Morgan fingerprint density at radius 2 is 1.08 bits per heavy atom. The average molecular weight is 367 g/mol. The van der Waals surface area contributed by atoms with Crippen molar-refractivity contribution in [2.75, 3.05) is 0 Å². The van der Waals surface area contributed by atoms with Crippen LogP contribution >= 0.6 is 23.2 Å². The number of benzene rings is 3. The van der Waals surface area contributed by atoms with Crippen molar-refractivity contribution in [1.82, 2.24) is 0 Å². The highest BCUT2D eigenvalue weighted by Gasteiger charge is 2.55. The first-order valence-corrected chi connectivity index (χ1v) is 9.01. The van der Waals surface area contributed by atoms with Crippen molar-refractivity contribution >= 4 is 29.0 Å². The van der Waals surface area contributed by atoms with Crippen LogP contribution < -0.4 is 0 Å². The van der Waals surface area contributed by atoms with Crippen LogP contribution in [0.1, 0.15) is 33.3 Å². The minimum atomic E-state index is -0.0512. The fourth-order valence-corrected chi connectivity index (χ4v) is 3.88. The van der Waals surface area contributed by atoms with Gasteiger partial charge in [0.15, 0.2) is 5.78 Å². The second-order valence-corrected chi connectivity index (χ2v) is 7.28. The summed E-state index contributed by atoms with van der Waals surface area (Å²) in [6.07, 6.45) is 0. The molecule has 2 atom stereocenters. The van der Waals surface area contributed by atoms with E-state index in [1.165, 1.54) is 0 Å². The second-order valence-electron chi connectivity index (χ2n) is 6.41. The molecule has 1 aliphatic carbocycles. The lowest BCUT2D eigenvalue weighted by Crippen LogP contribution is -2.03. The first-order valence-electron chi connectivity index (χ1n) is 8.25. The van der Waals surface area contributed by atoms with Crippen molar-refractivity contribution < 1.29 is 4.79 Å². The van der Waals surface area contributed by atoms with E-state index >= 15 is 0 Å². The van der Waals surface area contributed by atoms with E-state index in [2.05, 4.69) is 0 Å². The second kappa shape index (κ2) is 6.67. The topological polar surface area (TPSA) is 17.1 Å². The van der Waals surface area contributed by atoms with Crippen LogP contribution in [0.5, 0.6) is 0 Å². The normalized spacial score (nSPS) is 21.8. The van der Waals surface area contributed by atoms with Gasteiger partial charge in [-0.2, -0.15) is 0 Å². The summed E-state index contributed by atoms with van der Waals surface area (Å²) in [5, 5.41) is 1.41. The Hall–Kier alpha value is -2.09. The maximum Gasteiger partial charge on any atom is 0.167 e. The highest BCUT2D eigenvalue weighted by Crippen LogP contribution is 2.61. The molecule has 0 spiro atoms. The van der Waals surface area contributed by atoms with E-state index in [0.29, 0.717) is 10.0 Å². The Morgan fingerprint density at radius 3 is 1.52 bits per heavy atom. The number of rotatable bonds is 4. The minimum Gasteiger partial charge on any atom is -0.294 e. The van der Waals surface area contributed by atoms with Gasteiger partial charge in [0.2, 0.25) is 0 Å². The molecule has 4 rings (SSSR count). The maximum absolute atomic E-state index is 13.1. The van der Waals surface area contributed by atoms with Gasteiger partial charge >= 0.3 is 0 Å². The third-order valence-corrected chi connectivity index (χ3v) is 5.39. The fourth-order valence-electron chi connectivity index (χ4n) is 3.63. The lowest BCUT2D eigenvalue weighted by atomic mass is 10.0. The van der Waals surface area contributed by atoms with Crippen LogP contribution in [0.25, 0.3) is 0 Å². The summed E-state index contributed by atoms with van der Waals surface area (Å²) >= 11 is 12.0. The summed E-state index contributed by atoms with van der Waals surface area (Å²) in [4.78, 5) is 13.1. The molecule has 1 saturated carbocycles. The molecule has 3 aromatic carbocycles. The quantitative estimate of drug-likeness (QED) is 0.490. The maximum atomic E-state index is 13.1. The van der Waals surface area contributed by atoms with Gasteiger partial charge in [0.05, 0.1) is 0 Å². The Labute approximate surface area is 157 Å². The van der Waals surface area contributed by atoms with Gasteiger partial charge < -0.3 is 0 Å². The zero-order chi connectivity index (χ0) is 17.4. The zero-order valence-corrected chi connectivity index (χ0v) is 14.9. The first kappa shape index (κ1) is 16.4. The predicted molar refractivity (Wildman–Crippen MR) is 103 cm³/mol. The van der Waals surface area contributed by atoms with E-state index in [9.17, 15) is 4.79 Å². The number of carbonyl (C=O) groups excluding carboxylic acids is 1. The predicted octanol–water partition coefficient (Wildman–Crippen LogP) is 6.37. The van der Waals surface area contributed by atoms with Crippen molar-refractivity contribution in [3.63, 3.8) is 0 Å². The Balaban J connectivity index is 1.70. The van der Waals surface area contributed by atoms with Gasteiger partial charge in [-0.15, -0.1) is 0 Å². The molecule has 0 amide bonds. The number of Topliss-reactive ketones (excluding diaryl/α,β-unsaturated/α-hetero) is 1. The molecule has 0 bridgehead atoms. The third kappa shape index (κ3) is 3.22. The summed E-state index contributed by atoms with van der Waals surface area (Å²) in [5.74, 6) is 0.488. The van der Waals surface area contributed by atoms with Crippen LogP contribution in [-0.4, -0.2) is 5.78 Å². The van der Waals surface area contributed by atoms with Crippen molar-refractivity contribution in [2.24, 2.45) is 5.92 Å². The van der Waals surface area contributed by atoms with E-state index in [1.807, 2.05) is 78.9 Å². The van der Waals surface area contributed by atoms with E-state index < -0.39 is 0 Å². The molecule has 0 saturated heterocycles. The summed E-state index contributed by atoms with van der Waals surface area (Å²) in [5.41, 5.74) is 3.07. The number of ketones is 1. The van der Waals surface area contributed by atoms with Crippen molar-refractivity contribution in [3.8, 4) is 0 Å². The molecule has 0 heterocycles. The van der Waals surface area contributed by atoms with Crippen LogP contribution in [0.3, 0.4) is 0 Å². The van der Waals surface area contributed by atoms with E-state index in [1.54, 1.807) is 0 Å². The lowest BCUT2D eigenvalue weighted by molar-refractivity contribution is 0.0963. The third-order valence-electron chi connectivity index (χ3n) is 4.89. The van der Waals surface area contributed by atoms with Crippen LogP contribution in [0.2, 0.25) is 10.0 Å². The Kier molecular flexibility index (Phi) is 4.37. The van der Waals surface area contributed by atoms with E-state index in [0.717, 1.165) is 16.7 Å². The summed E-state index contributed by atoms with van der Waals surface area (Å²) in [7, 11) is 0. The van der Waals surface area contributed by atoms with E-state index in [4.69, 9.17) is 23.2 Å². The molecule has 1 nitrogen and oxygen atoms in total. The molecule has 0 radical (unpaired) electrons. The molecular weight excluding hydrogens is 351 g/mol. The monoisotopic (exact) mass is 366 g/mol. The molecule has 2 unspecified atom stereocenters. The van der Waals surface area contributed by atoms with Crippen LogP contribution in [0.4, 0.5) is 0 Å². The van der Waals surface area contributed by atoms with Gasteiger partial charge in [0.25, 0.3) is 0 Å². The standard InChI is InChI=1S/C22H16Cl2O/c23-17-10-6-14(7-11-17)19-20(15-8-12-18(24)13-9-15)21(19)22(25)16-4-2-1-3-5-16/h1-13,19-21H. The van der Waals surface area contributed by atoms with Gasteiger partial charge in [-0.3, -0.25) is 4.79 Å². The van der Waals surface area contributed by atoms with Gasteiger partial charge in [0, 0.05) is 33.4 Å². The molecule has 1 fully saturated rings. The molecule has 3 aromatic rings. The minimum absolute atomic E-state index is 0.0512. The molecule has 124 valence electrons. The van der Waals surface area contributed by atoms with Crippen molar-refractivity contribution in [1.29, 1.82) is 0 Å². The Morgan fingerprint density at radius 1 is 0.640 bits per heavy atom. The summed E-state index contributed by atoms with van der Waals surface area (Å²) in [6, 6.07) is 25.2. The largest absolute Gasteiger partial charge is 0.294 e. The molecule has 1 aliphatic rings. The number of carbonyl (C=O) groups is 1. The van der Waals surface area contributed by atoms with Crippen LogP contribution in [0, 0.1) is 5.92 Å². The average Bonchev–Trinajstić information content (AvgIpc) is 3.38. The highest BCUT2D eigenvalue weighted by atomic mass is 35.5. The molecule has 3 heteroatoms. The molecule has 25 heavy (non-hydrogen) atoms. The first-order chi connectivity index (χ1) is 12.1. The highest BCUT2D eigenvalue weighted by molar-refractivity contribution is 6.30. The molecule has 0 aromatic heterocycles. The van der Waals surface area contributed by atoms with Gasteiger partial charge in [-0.25, -0.2) is 0 Å². The van der Waals surface area contributed by atoms with Crippen molar-refractivity contribution in [2.45, 2.75) is 11.8 Å². The molecule has 0 aliphatic heterocycles. The van der Waals surface area contributed by atoms with Gasteiger partial charge in [-0.05, 0) is 35.4 Å². The number of hydrogen-bond donors (Lipinski definition) is 0. The number of hydrogen-bond acceptors (Lipinski definition) is 1. The van der Waals surface area contributed by atoms with E-state index in [-0.39, 0.29) is 23.5 Å². The SMILES string of the molecule is O=C(c1ccccc1)C1C(c2ccc(Cl)cc2)C1c1ccc(Cl)cc1.